The zero-order valence-corrected chi connectivity index (χ0v) is 22.7. The Balaban J connectivity index is -0.000000178. The van der Waals surface area contributed by atoms with Crippen molar-refractivity contribution in [3.8, 4) is 0 Å². The van der Waals surface area contributed by atoms with Gasteiger partial charge in [0, 0.05) is 0 Å². The quantitative estimate of drug-likeness (QED) is 0.267. The Kier molecular flexibility index (Phi) is 32.7. The molecule has 0 unspecified atom stereocenters. The van der Waals surface area contributed by atoms with Crippen LogP contribution in [-0.4, -0.2) is 37.3 Å². The molecule has 0 aromatic carbocycles. The third-order valence-electron chi connectivity index (χ3n) is 2.50. The zero-order chi connectivity index (χ0) is 14.2. The predicted octanol–water partition coefficient (Wildman–Crippen LogP) is 6.85. The van der Waals surface area contributed by atoms with Gasteiger partial charge in [-0.3, -0.25) is 0 Å². The maximum absolute atomic E-state index is 5.47. The molecule has 113 valence electrons. The van der Waals surface area contributed by atoms with Crippen molar-refractivity contribution < 1.29 is 22.4 Å². The molecule has 2 fully saturated rings. The first-order chi connectivity index (χ1) is 8.46. The zero-order valence-electron chi connectivity index (χ0n) is 13.3. The van der Waals surface area contributed by atoms with Gasteiger partial charge in [0.05, 0.1) is 0 Å². The minimum atomic E-state index is -1.07. The van der Waals surface area contributed by atoms with Gasteiger partial charge in [0.2, 0.25) is 0 Å². The second-order valence-electron chi connectivity index (χ2n) is 5.29. The van der Waals surface area contributed by atoms with Crippen molar-refractivity contribution in [3.05, 3.63) is 0 Å². The second kappa shape index (κ2) is 23.2. The molecule has 2 aliphatic carbocycles. The Morgan fingerprint density at radius 2 is 0.526 bits per heavy atom. The Bertz CT molecular complexity index is 103. The molecule has 2 saturated carbocycles. The minimum Gasteiger partial charge on any atom is 2.00 e. The van der Waals surface area contributed by atoms with Crippen molar-refractivity contribution in [3.63, 3.8) is 0 Å². The van der Waals surface area contributed by atoms with Crippen LogP contribution in [0.4, 0.5) is 0 Å². The molecule has 0 aromatic heterocycles. The van der Waals surface area contributed by atoms with Gasteiger partial charge in [-0.2, -0.15) is 0 Å². The van der Waals surface area contributed by atoms with Crippen molar-refractivity contribution in [1.29, 1.82) is 0 Å². The number of hydrogen-bond donors (Lipinski definition) is 0. The fraction of sp³-hybridized carbons (Fsp3) is 1.00. The Hall–Kier alpha value is 2.92. The van der Waals surface area contributed by atoms with Crippen molar-refractivity contribution in [1.82, 2.24) is 0 Å². The van der Waals surface area contributed by atoms with E-state index in [0.717, 1.165) is 0 Å². The Morgan fingerprint density at radius 3 is 0.579 bits per heavy atom. The molecular weight excluding hydrogens is 569 g/mol. The molecule has 0 amide bonds. The van der Waals surface area contributed by atoms with E-state index in [4.69, 9.17) is 17.8 Å². The molecule has 19 heavy (non-hydrogen) atoms. The van der Waals surface area contributed by atoms with E-state index in [1.165, 1.54) is 64.2 Å². The van der Waals surface area contributed by atoms with Gasteiger partial charge in [0.25, 0.3) is 0 Å². The van der Waals surface area contributed by atoms with Crippen LogP contribution in [-0.2, 0) is 22.4 Å². The average molecular weight is 602 g/mol. The normalized spacial score (nSPS) is 16.4. The molecule has 0 nitrogen and oxygen atoms in total. The summed E-state index contributed by atoms with van der Waals surface area (Å²) < 4.78 is 0. The maximum Gasteiger partial charge on any atom is 2.00 e. The SMILES string of the molecule is C1CCCC1.C1CCCC1.[CH3][Sn]([CH3])[Cl].[CH3][Sn]([CH3])[Cl].[Nb+2]. The Labute approximate surface area is 159 Å². The molecule has 3 radical (unpaired) electrons. The molecule has 0 aliphatic heterocycles. The first-order valence-electron chi connectivity index (χ1n) is 7.38. The van der Waals surface area contributed by atoms with E-state index < -0.39 is 37.3 Å². The van der Waals surface area contributed by atoms with Crippen LogP contribution in [0.25, 0.3) is 0 Å². The van der Waals surface area contributed by atoms with E-state index in [9.17, 15) is 0 Å². The van der Waals surface area contributed by atoms with E-state index in [1.54, 1.807) is 0 Å². The van der Waals surface area contributed by atoms with Gasteiger partial charge in [-0.05, 0) is 0 Å². The third kappa shape index (κ3) is 44.9. The van der Waals surface area contributed by atoms with Crippen LogP contribution in [0, 0.1) is 0 Å². The summed E-state index contributed by atoms with van der Waals surface area (Å²) in [6, 6.07) is 0. The van der Waals surface area contributed by atoms with Crippen LogP contribution in [0.1, 0.15) is 64.2 Å². The van der Waals surface area contributed by atoms with Crippen molar-refractivity contribution in [2.75, 3.05) is 0 Å². The molecule has 0 spiro atoms. The molecular formula is C14H32Cl2NbSn2+2. The van der Waals surface area contributed by atoms with E-state index in [2.05, 4.69) is 19.8 Å². The van der Waals surface area contributed by atoms with Crippen LogP contribution < -0.4 is 0 Å². The molecule has 0 atom stereocenters. The number of hydrogen-bond acceptors (Lipinski definition) is 0. The summed E-state index contributed by atoms with van der Waals surface area (Å²) in [4.78, 5) is 8.52. The number of halogens is 2. The summed E-state index contributed by atoms with van der Waals surface area (Å²) in [7, 11) is 10.9. The molecule has 5 heteroatoms. The van der Waals surface area contributed by atoms with E-state index in [-0.39, 0.29) is 22.4 Å². The maximum atomic E-state index is 5.47. The summed E-state index contributed by atoms with van der Waals surface area (Å²) in [5, 5.41) is 0. The smallest absolute Gasteiger partial charge is 2.00 e. The van der Waals surface area contributed by atoms with Gasteiger partial charge in [0.15, 0.2) is 0 Å². The van der Waals surface area contributed by atoms with Crippen molar-refractivity contribution in [2.24, 2.45) is 0 Å². The largest absolute Gasteiger partial charge is 2.00 e. The fourth-order valence-corrected chi connectivity index (χ4v) is 1.77. The Morgan fingerprint density at radius 1 is 0.474 bits per heavy atom. The second-order valence-corrected chi connectivity index (χ2v) is 25.5. The standard InChI is InChI=1S/2C5H10.4CH3.2ClH.Nb.2Sn/c2*1-2-4-5-3-1;;;;;;;;;/h2*1-5H2;4*1H3;2*1H;;;/q;;;;;;;;+2;2*+1/p-2. The van der Waals surface area contributed by atoms with E-state index >= 15 is 0 Å². The molecule has 0 saturated heterocycles. The third-order valence-corrected chi connectivity index (χ3v) is 2.50. The minimum absolute atomic E-state index is 0. The van der Waals surface area contributed by atoms with Crippen LogP contribution in [0.2, 0.25) is 19.8 Å². The van der Waals surface area contributed by atoms with Gasteiger partial charge >= 0.3 is 97.2 Å². The first kappa shape index (κ1) is 26.8. The van der Waals surface area contributed by atoms with Crippen molar-refractivity contribution in [2.45, 2.75) is 84.0 Å². The predicted molar refractivity (Wildman–Crippen MR) is 92.8 cm³/mol. The summed E-state index contributed by atoms with van der Waals surface area (Å²) in [5.41, 5.74) is 0. The topological polar surface area (TPSA) is 0 Å². The van der Waals surface area contributed by atoms with Crippen LogP contribution in [0.3, 0.4) is 0 Å². The average Bonchev–Trinajstić information content (AvgIpc) is 2.96. The molecule has 0 heterocycles. The van der Waals surface area contributed by atoms with Gasteiger partial charge in [0.1, 0.15) is 0 Å². The molecule has 2 rings (SSSR count). The van der Waals surface area contributed by atoms with E-state index in [1.807, 2.05) is 0 Å². The fourth-order valence-electron chi connectivity index (χ4n) is 1.77. The molecule has 0 N–H and O–H groups in total. The first-order valence-corrected chi connectivity index (χ1v) is 26.0. The monoisotopic (exact) mass is 603 g/mol. The van der Waals surface area contributed by atoms with Crippen LogP contribution in [0.15, 0.2) is 0 Å². The van der Waals surface area contributed by atoms with Crippen LogP contribution in [0.5, 0.6) is 0 Å². The summed E-state index contributed by atoms with van der Waals surface area (Å²) in [5.74, 6) is 0. The summed E-state index contributed by atoms with van der Waals surface area (Å²) in [6.45, 7) is 0. The van der Waals surface area contributed by atoms with Gasteiger partial charge in [-0.15, -0.1) is 0 Å². The molecule has 2 aliphatic rings. The summed E-state index contributed by atoms with van der Waals surface area (Å²) in [6.07, 6.45) is 15.0. The molecule has 0 aromatic rings. The van der Waals surface area contributed by atoms with Crippen LogP contribution >= 0.6 is 17.8 Å². The van der Waals surface area contributed by atoms with Gasteiger partial charge in [-0.1, -0.05) is 64.2 Å². The van der Waals surface area contributed by atoms with Gasteiger partial charge < -0.3 is 0 Å². The molecule has 0 bridgehead atoms. The van der Waals surface area contributed by atoms with E-state index in [0.29, 0.717) is 0 Å². The van der Waals surface area contributed by atoms with Crippen molar-refractivity contribution >= 4 is 55.1 Å². The number of rotatable bonds is 0. The van der Waals surface area contributed by atoms with Gasteiger partial charge in [-0.25, -0.2) is 0 Å². The summed E-state index contributed by atoms with van der Waals surface area (Å²) >= 11 is -2.14.